The largest absolute Gasteiger partial charge is 0.321 e. The van der Waals surface area contributed by atoms with Crippen molar-refractivity contribution in [1.82, 2.24) is 0 Å². The number of ketones is 1. The molecular formula is C20H16N2O4S. The van der Waals surface area contributed by atoms with E-state index in [4.69, 9.17) is 5.14 Å². The lowest BCUT2D eigenvalue weighted by Crippen LogP contribution is -2.21. The van der Waals surface area contributed by atoms with Crippen LogP contribution in [0, 0.1) is 0 Å². The highest BCUT2D eigenvalue weighted by Gasteiger charge is 2.20. The number of amides is 1. The van der Waals surface area contributed by atoms with E-state index in [2.05, 4.69) is 5.32 Å². The third-order valence-corrected chi connectivity index (χ3v) is 4.86. The Morgan fingerprint density at radius 1 is 0.741 bits per heavy atom. The van der Waals surface area contributed by atoms with Crippen molar-refractivity contribution < 1.29 is 18.0 Å². The van der Waals surface area contributed by atoms with Crippen molar-refractivity contribution in [1.29, 1.82) is 0 Å². The minimum Gasteiger partial charge on any atom is -0.321 e. The third kappa shape index (κ3) is 4.11. The number of hydrogen-bond acceptors (Lipinski definition) is 4. The fraction of sp³-hybridized carbons (Fsp3) is 0. The first-order valence-electron chi connectivity index (χ1n) is 8.00. The molecule has 0 radical (unpaired) electrons. The van der Waals surface area contributed by atoms with Crippen LogP contribution < -0.4 is 10.5 Å². The first-order chi connectivity index (χ1) is 12.9. The van der Waals surface area contributed by atoms with E-state index < -0.39 is 15.9 Å². The van der Waals surface area contributed by atoms with Crippen LogP contribution in [0.5, 0.6) is 0 Å². The standard InChI is InChI=1S/C20H16N2O4S/c21-27(25,26)18-13-7-5-11-16(18)20(24)22-17-12-6-4-10-15(17)19(23)14-8-2-1-3-9-14/h1-13H,(H,22,24)(H2,21,25,26). The highest BCUT2D eigenvalue weighted by Crippen LogP contribution is 2.21. The summed E-state index contributed by atoms with van der Waals surface area (Å²) in [6.07, 6.45) is 0. The Bertz CT molecular complexity index is 1110. The van der Waals surface area contributed by atoms with Crippen molar-refractivity contribution >= 4 is 27.4 Å². The lowest BCUT2D eigenvalue weighted by Gasteiger charge is -2.12. The van der Waals surface area contributed by atoms with E-state index >= 15 is 0 Å². The molecule has 1 amide bonds. The van der Waals surface area contributed by atoms with Crippen molar-refractivity contribution in [3.63, 3.8) is 0 Å². The predicted octanol–water partition coefficient (Wildman–Crippen LogP) is 2.82. The average Bonchev–Trinajstić information content (AvgIpc) is 2.68. The van der Waals surface area contributed by atoms with Gasteiger partial charge in [-0.3, -0.25) is 9.59 Å². The molecule has 3 aromatic rings. The van der Waals surface area contributed by atoms with Gasteiger partial charge < -0.3 is 5.32 Å². The number of carbonyl (C=O) groups excluding carboxylic acids is 2. The van der Waals surface area contributed by atoms with Crippen molar-refractivity contribution in [3.05, 3.63) is 95.6 Å². The minimum atomic E-state index is -4.07. The molecule has 3 N–H and O–H groups in total. The zero-order valence-electron chi connectivity index (χ0n) is 14.1. The van der Waals surface area contributed by atoms with Crippen molar-refractivity contribution in [2.75, 3.05) is 5.32 Å². The summed E-state index contributed by atoms with van der Waals surface area (Å²) in [4.78, 5) is 25.1. The van der Waals surface area contributed by atoms with Crippen LogP contribution in [-0.2, 0) is 10.0 Å². The van der Waals surface area contributed by atoms with Crippen LogP contribution >= 0.6 is 0 Å². The smallest absolute Gasteiger partial charge is 0.257 e. The summed E-state index contributed by atoms with van der Waals surface area (Å²) < 4.78 is 23.4. The Hall–Kier alpha value is -3.29. The molecule has 0 saturated heterocycles. The minimum absolute atomic E-state index is 0.0954. The van der Waals surface area contributed by atoms with Crippen LogP contribution in [0.15, 0.2) is 83.8 Å². The monoisotopic (exact) mass is 380 g/mol. The van der Waals surface area contributed by atoms with Gasteiger partial charge in [0.15, 0.2) is 5.78 Å². The molecule has 0 aliphatic carbocycles. The van der Waals surface area contributed by atoms with Gasteiger partial charge in [0.25, 0.3) is 5.91 Å². The van der Waals surface area contributed by atoms with E-state index in [0.29, 0.717) is 11.1 Å². The van der Waals surface area contributed by atoms with Crippen LogP contribution in [0.3, 0.4) is 0 Å². The number of para-hydroxylation sites is 1. The first-order valence-corrected chi connectivity index (χ1v) is 9.54. The van der Waals surface area contributed by atoms with Crippen LogP contribution in [-0.4, -0.2) is 20.1 Å². The van der Waals surface area contributed by atoms with Gasteiger partial charge in [0, 0.05) is 11.1 Å². The van der Waals surface area contributed by atoms with Gasteiger partial charge in [-0.1, -0.05) is 54.6 Å². The molecule has 0 aliphatic heterocycles. The maximum absolute atomic E-state index is 12.7. The van der Waals surface area contributed by atoms with E-state index in [1.54, 1.807) is 54.6 Å². The number of sulfonamides is 1. The molecule has 0 heterocycles. The first kappa shape index (κ1) is 18.5. The average molecular weight is 380 g/mol. The van der Waals surface area contributed by atoms with Crippen molar-refractivity contribution in [2.24, 2.45) is 5.14 Å². The lowest BCUT2D eigenvalue weighted by molar-refractivity contribution is 0.102. The zero-order chi connectivity index (χ0) is 19.4. The predicted molar refractivity (Wildman–Crippen MR) is 102 cm³/mol. The fourth-order valence-electron chi connectivity index (χ4n) is 2.63. The number of carbonyl (C=O) groups is 2. The van der Waals surface area contributed by atoms with Gasteiger partial charge in [-0.2, -0.15) is 0 Å². The molecule has 0 fully saturated rings. The number of hydrogen-bond donors (Lipinski definition) is 2. The second kappa shape index (κ2) is 7.53. The van der Waals surface area contributed by atoms with E-state index in [1.165, 1.54) is 24.3 Å². The Kier molecular flexibility index (Phi) is 5.16. The van der Waals surface area contributed by atoms with Crippen LogP contribution in [0.25, 0.3) is 0 Å². The Labute approximate surface area is 156 Å². The molecule has 6 nitrogen and oxygen atoms in total. The van der Waals surface area contributed by atoms with Crippen LogP contribution in [0.2, 0.25) is 0 Å². The van der Waals surface area contributed by atoms with Gasteiger partial charge in [-0.15, -0.1) is 0 Å². The molecule has 0 unspecified atom stereocenters. The normalized spacial score (nSPS) is 11.0. The fourth-order valence-corrected chi connectivity index (χ4v) is 3.36. The number of primary sulfonamides is 1. The molecule has 136 valence electrons. The molecule has 0 aliphatic rings. The summed E-state index contributed by atoms with van der Waals surface area (Å²) in [5.41, 5.74) is 0.955. The topological polar surface area (TPSA) is 106 Å². The summed E-state index contributed by atoms with van der Waals surface area (Å²) >= 11 is 0. The lowest BCUT2D eigenvalue weighted by atomic mass is 10.0. The number of nitrogens with two attached hydrogens (primary N) is 1. The van der Waals surface area contributed by atoms with Crippen LogP contribution in [0.4, 0.5) is 5.69 Å². The SMILES string of the molecule is NS(=O)(=O)c1ccccc1C(=O)Nc1ccccc1C(=O)c1ccccc1. The van der Waals surface area contributed by atoms with Crippen LogP contribution in [0.1, 0.15) is 26.3 Å². The molecule has 0 aromatic heterocycles. The highest BCUT2D eigenvalue weighted by molar-refractivity contribution is 7.89. The quantitative estimate of drug-likeness (QED) is 0.664. The van der Waals surface area contributed by atoms with Gasteiger partial charge in [0.05, 0.1) is 16.1 Å². The number of benzene rings is 3. The maximum Gasteiger partial charge on any atom is 0.257 e. The summed E-state index contributed by atoms with van der Waals surface area (Å²) in [6, 6.07) is 20.8. The third-order valence-electron chi connectivity index (χ3n) is 3.89. The summed E-state index contributed by atoms with van der Waals surface area (Å²) in [7, 11) is -4.07. The molecule has 27 heavy (non-hydrogen) atoms. The summed E-state index contributed by atoms with van der Waals surface area (Å²) in [5.74, 6) is -0.931. The molecule has 3 aromatic carbocycles. The zero-order valence-corrected chi connectivity index (χ0v) is 14.9. The summed E-state index contributed by atoms with van der Waals surface area (Å²) in [6.45, 7) is 0. The Morgan fingerprint density at radius 2 is 1.30 bits per heavy atom. The second-order valence-electron chi connectivity index (χ2n) is 5.74. The number of anilines is 1. The maximum atomic E-state index is 12.7. The van der Waals surface area contributed by atoms with E-state index in [9.17, 15) is 18.0 Å². The van der Waals surface area contributed by atoms with Gasteiger partial charge >= 0.3 is 0 Å². The van der Waals surface area contributed by atoms with Gasteiger partial charge in [0.2, 0.25) is 10.0 Å². The second-order valence-corrected chi connectivity index (χ2v) is 7.27. The molecule has 0 atom stereocenters. The van der Waals surface area contributed by atoms with Crippen molar-refractivity contribution in [2.45, 2.75) is 4.90 Å². The van der Waals surface area contributed by atoms with Gasteiger partial charge in [-0.05, 0) is 24.3 Å². The molecule has 7 heteroatoms. The molecule has 0 saturated carbocycles. The van der Waals surface area contributed by atoms with E-state index in [0.717, 1.165) is 0 Å². The molecule has 3 rings (SSSR count). The Morgan fingerprint density at radius 3 is 1.96 bits per heavy atom. The molecule has 0 bridgehead atoms. The van der Waals surface area contributed by atoms with Gasteiger partial charge in [-0.25, -0.2) is 13.6 Å². The van der Waals surface area contributed by atoms with Crippen molar-refractivity contribution in [3.8, 4) is 0 Å². The number of rotatable bonds is 5. The highest BCUT2D eigenvalue weighted by atomic mass is 32.2. The number of nitrogens with one attached hydrogen (secondary N) is 1. The van der Waals surface area contributed by atoms with Gasteiger partial charge in [0.1, 0.15) is 0 Å². The molecule has 0 spiro atoms. The Balaban J connectivity index is 1.97. The summed E-state index contributed by atoms with van der Waals surface area (Å²) in [5, 5.41) is 7.79. The van der Waals surface area contributed by atoms with E-state index in [-0.39, 0.29) is 21.9 Å². The molecular weight excluding hydrogens is 364 g/mol. The van der Waals surface area contributed by atoms with E-state index in [1.807, 2.05) is 0 Å².